The fourth-order valence-electron chi connectivity index (χ4n) is 2.05. The van der Waals surface area contributed by atoms with Gasteiger partial charge in [0, 0.05) is 11.7 Å². The molecule has 1 atom stereocenters. The van der Waals surface area contributed by atoms with Crippen LogP contribution in [0.15, 0.2) is 36.9 Å². The van der Waals surface area contributed by atoms with Crippen LogP contribution in [0, 0.1) is 0 Å². The molecule has 2 rings (SSSR count). The number of aromatic nitrogens is 3. The van der Waals surface area contributed by atoms with E-state index >= 15 is 0 Å². The molecule has 1 unspecified atom stereocenters. The van der Waals surface area contributed by atoms with Crippen molar-refractivity contribution in [3.05, 3.63) is 42.5 Å². The number of hydrogen-bond donors (Lipinski definition) is 1. The van der Waals surface area contributed by atoms with Gasteiger partial charge in [0.25, 0.3) is 0 Å². The van der Waals surface area contributed by atoms with E-state index in [9.17, 15) is 0 Å². The van der Waals surface area contributed by atoms with Crippen molar-refractivity contribution in [1.82, 2.24) is 14.8 Å². The molecule has 0 radical (unpaired) electrons. The topological polar surface area (TPSA) is 42.7 Å². The number of benzene rings is 1. The second-order valence-corrected chi connectivity index (χ2v) is 4.63. The second kappa shape index (κ2) is 6.19. The minimum atomic E-state index is 0.511. The quantitative estimate of drug-likeness (QED) is 0.849. The van der Waals surface area contributed by atoms with Gasteiger partial charge in [-0.05, 0) is 31.0 Å². The van der Waals surface area contributed by atoms with Crippen molar-refractivity contribution >= 4 is 5.69 Å². The monoisotopic (exact) mass is 244 g/mol. The minimum Gasteiger partial charge on any atom is -0.383 e. The number of rotatable bonds is 6. The lowest BCUT2D eigenvalue weighted by molar-refractivity contribution is 0.681. The molecule has 0 amide bonds. The van der Waals surface area contributed by atoms with Crippen molar-refractivity contribution < 1.29 is 0 Å². The van der Waals surface area contributed by atoms with Crippen LogP contribution in [0.3, 0.4) is 0 Å². The summed E-state index contributed by atoms with van der Waals surface area (Å²) in [5.74, 6) is 0. The van der Waals surface area contributed by atoms with Gasteiger partial charge < -0.3 is 5.32 Å². The summed E-state index contributed by atoms with van der Waals surface area (Å²) < 4.78 is 1.83. The zero-order valence-corrected chi connectivity index (χ0v) is 11.0. The first kappa shape index (κ1) is 12.6. The second-order valence-electron chi connectivity index (χ2n) is 4.63. The third-order valence-electron chi connectivity index (χ3n) is 2.87. The van der Waals surface area contributed by atoms with Crippen molar-refractivity contribution in [2.24, 2.45) is 0 Å². The zero-order chi connectivity index (χ0) is 12.8. The summed E-state index contributed by atoms with van der Waals surface area (Å²) in [6.45, 7) is 5.19. The molecule has 1 aromatic heterocycles. The van der Waals surface area contributed by atoms with Crippen LogP contribution in [0.4, 0.5) is 5.69 Å². The summed E-state index contributed by atoms with van der Waals surface area (Å²) in [6.07, 6.45) is 5.69. The molecule has 1 heterocycles. The molecule has 0 bridgehead atoms. The summed E-state index contributed by atoms with van der Waals surface area (Å²) >= 11 is 0. The van der Waals surface area contributed by atoms with Crippen LogP contribution >= 0.6 is 0 Å². The first-order valence-corrected chi connectivity index (χ1v) is 6.46. The molecule has 1 aromatic carbocycles. The van der Waals surface area contributed by atoms with Crippen LogP contribution in [0.1, 0.15) is 32.3 Å². The summed E-state index contributed by atoms with van der Waals surface area (Å²) in [4.78, 5) is 3.95. The number of hydrogen-bond acceptors (Lipinski definition) is 3. The van der Waals surface area contributed by atoms with Crippen LogP contribution in [0.25, 0.3) is 0 Å². The molecule has 0 aliphatic heterocycles. The molecule has 0 aliphatic carbocycles. The maximum absolute atomic E-state index is 4.12. The molecule has 0 aliphatic rings. The number of nitrogens with zero attached hydrogens (tertiary/aromatic N) is 3. The Balaban J connectivity index is 2.01. The summed E-state index contributed by atoms with van der Waals surface area (Å²) in [6, 6.07) is 8.98. The molecule has 4 nitrogen and oxygen atoms in total. The van der Waals surface area contributed by atoms with Gasteiger partial charge >= 0.3 is 0 Å². The Morgan fingerprint density at radius 3 is 3.00 bits per heavy atom. The van der Waals surface area contributed by atoms with Crippen molar-refractivity contribution in [3.8, 4) is 0 Å². The molecule has 18 heavy (non-hydrogen) atoms. The maximum Gasteiger partial charge on any atom is 0.137 e. The SMILES string of the molecule is CCCC(C)Nc1cccc(Cn2cncn2)c1. The van der Waals surface area contributed by atoms with Gasteiger partial charge in [0.15, 0.2) is 0 Å². The molecule has 0 spiro atoms. The fourth-order valence-corrected chi connectivity index (χ4v) is 2.05. The van der Waals surface area contributed by atoms with E-state index in [0.717, 1.165) is 6.54 Å². The Morgan fingerprint density at radius 1 is 1.39 bits per heavy atom. The molecular formula is C14H20N4. The van der Waals surface area contributed by atoms with E-state index in [-0.39, 0.29) is 0 Å². The molecule has 4 heteroatoms. The Morgan fingerprint density at radius 2 is 2.28 bits per heavy atom. The lowest BCUT2D eigenvalue weighted by Crippen LogP contribution is -2.14. The summed E-state index contributed by atoms with van der Waals surface area (Å²) in [5.41, 5.74) is 2.41. The third-order valence-corrected chi connectivity index (χ3v) is 2.87. The summed E-state index contributed by atoms with van der Waals surface area (Å²) in [5, 5.41) is 7.63. The fraction of sp³-hybridized carbons (Fsp3) is 0.429. The van der Waals surface area contributed by atoms with Crippen molar-refractivity contribution in [1.29, 1.82) is 0 Å². The summed E-state index contributed by atoms with van der Waals surface area (Å²) in [7, 11) is 0. The number of anilines is 1. The van der Waals surface area contributed by atoms with E-state index < -0.39 is 0 Å². The molecular weight excluding hydrogens is 224 g/mol. The molecule has 0 fully saturated rings. The Hall–Kier alpha value is -1.84. The van der Waals surface area contributed by atoms with Gasteiger partial charge in [-0.3, -0.25) is 0 Å². The molecule has 96 valence electrons. The predicted molar refractivity (Wildman–Crippen MR) is 73.6 cm³/mol. The van der Waals surface area contributed by atoms with E-state index in [1.54, 1.807) is 12.7 Å². The van der Waals surface area contributed by atoms with Gasteiger partial charge in [-0.1, -0.05) is 25.5 Å². The third kappa shape index (κ3) is 3.58. The Kier molecular flexibility index (Phi) is 4.34. The highest BCUT2D eigenvalue weighted by Gasteiger charge is 2.02. The van der Waals surface area contributed by atoms with Gasteiger partial charge in [-0.15, -0.1) is 0 Å². The normalized spacial score (nSPS) is 12.3. The lowest BCUT2D eigenvalue weighted by Gasteiger charge is -2.15. The Labute approximate surface area is 108 Å². The highest BCUT2D eigenvalue weighted by Crippen LogP contribution is 2.14. The smallest absolute Gasteiger partial charge is 0.137 e. The first-order valence-electron chi connectivity index (χ1n) is 6.46. The van der Waals surface area contributed by atoms with Crippen LogP contribution in [0.2, 0.25) is 0 Å². The van der Waals surface area contributed by atoms with E-state index in [1.807, 2.05) is 4.68 Å². The zero-order valence-electron chi connectivity index (χ0n) is 11.0. The van der Waals surface area contributed by atoms with Gasteiger partial charge in [0.2, 0.25) is 0 Å². The highest BCUT2D eigenvalue weighted by atomic mass is 15.3. The van der Waals surface area contributed by atoms with Gasteiger partial charge in [0.1, 0.15) is 12.7 Å². The van der Waals surface area contributed by atoms with Gasteiger partial charge in [-0.25, -0.2) is 9.67 Å². The first-order chi connectivity index (χ1) is 8.78. The van der Waals surface area contributed by atoms with E-state index in [1.165, 1.54) is 24.1 Å². The van der Waals surface area contributed by atoms with E-state index in [0.29, 0.717) is 6.04 Å². The molecule has 1 N–H and O–H groups in total. The predicted octanol–water partition coefficient (Wildman–Crippen LogP) is 2.93. The molecule has 0 saturated heterocycles. The van der Waals surface area contributed by atoms with Crippen molar-refractivity contribution in [2.45, 2.75) is 39.3 Å². The average molecular weight is 244 g/mol. The standard InChI is InChI=1S/C14H20N4/c1-3-5-12(2)17-14-7-4-6-13(8-14)9-18-11-15-10-16-18/h4,6-8,10-12,17H,3,5,9H2,1-2H3. The Bertz CT molecular complexity index is 464. The molecule has 2 aromatic rings. The number of nitrogens with one attached hydrogen (secondary N) is 1. The van der Waals surface area contributed by atoms with Crippen LogP contribution in [-0.2, 0) is 6.54 Å². The van der Waals surface area contributed by atoms with E-state index in [2.05, 4.69) is 53.5 Å². The van der Waals surface area contributed by atoms with Gasteiger partial charge in [-0.2, -0.15) is 5.10 Å². The van der Waals surface area contributed by atoms with E-state index in [4.69, 9.17) is 0 Å². The minimum absolute atomic E-state index is 0.511. The van der Waals surface area contributed by atoms with Crippen LogP contribution in [0.5, 0.6) is 0 Å². The lowest BCUT2D eigenvalue weighted by atomic mass is 10.1. The maximum atomic E-state index is 4.12. The highest BCUT2D eigenvalue weighted by molar-refractivity contribution is 5.46. The average Bonchev–Trinajstić information content (AvgIpc) is 2.82. The van der Waals surface area contributed by atoms with Crippen molar-refractivity contribution in [3.63, 3.8) is 0 Å². The van der Waals surface area contributed by atoms with Gasteiger partial charge in [0.05, 0.1) is 6.54 Å². The molecule has 0 saturated carbocycles. The van der Waals surface area contributed by atoms with Crippen LogP contribution < -0.4 is 5.32 Å². The van der Waals surface area contributed by atoms with Crippen molar-refractivity contribution in [2.75, 3.05) is 5.32 Å². The van der Waals surface area contributed by atoms with Crippen LogP contribution in [-0.4, -0.2) is 20.8 Å². The largest absolute Gasteiger partial charge is 0.383 e.